The van der Waals surface area contributed by atoms with E-state index in [0.717, 1.165) is 30.5 Å². The van der Waals surface area contributed by atoms with Crippen LogP contribution in [0.1, 0.15) is 33.6 Å². The molecule has 2 rings (SSSR count). The molecule has 5 heteroatoms. The molecule has 2 N–H and O–H groups in total. The second kappa shape index (κ2) is 7.29. The van der Waals surface area contributed by atoms with E-state index in [9.17, 15) is 5.11 Å². The molecular weight excluding hydrogens is 284 g/mol. The number of hydrogen-bond acceptors (Lipinski definition) is 5. The van der Waals surface area contributed by atoms with Gasteiger partial charge in [-0.3, -0.25) is 0 Å². The molecule has 0 spiro atoms. The SMILES string of the molecule is CCCNC(C)(CO)CC(C)Sc1nc2ccccc2o1. The molecule has 1 heterocycles. The lowest BCUT2D eigenvalue weighted by Crippen LogP contribution is -2.47. The fourth-order valence-corrected chi connectivity index (χ4v) is 3.45. The van der Waals surface area contributed by atoms with Gasteiger partial charge < -0.3 is 14.8 Å². The predicted molar refractivity (Wildman–Crippen MR) is 87.7 cm³/mol. The number of nitrogens with zero attached hydrogens (tertiary/aromatic N) is 1. The van der Waals surface area contributed by atoms with Gasteiger partial charge in [0, 0.05) is 10.8 Å². The van der Waals surface area contributed by atoms with Crippen molar-refractivity contribution in [3.05, 3.63) is 24.3 Å². The second-order valence-electron chi connectivity index (χ2n) is 5.73. The van der Waals surface area contributed by atoms with Crippen LogP contribution in [0.2, 0.25) is 0 Å². The van der Waals surface area contributed by atoms with Gasteiger partial charge in [0.15, 0.2) is 5.58 Å². The Morgan fingerprint density at radius 1 is 1.43 bits per heavy atom. The zero-order chi connectivity index (χ0) is 15.3. The third kappa shape index (κ3) is 4.46. The molecular formula is C16H24N2O2S. The van der Waals surface area contributed by atoms with Gasteiger partial charge in [-0.2, -0.15) is 0 Å². The third-order valence-electron chi connectivity index (χ3n) is 3.46. The van der Waals surface area contributed by atoms with E-state index in [1.54, 1.807) is 11.8 Å². The number of thioether (sulfide) groups is 1. The molecule has 2 aromatic rings. The van der Waals surface area contributed by atoms with E-state index >= 15 is 0 Å². The Bertz CT molecular complexity index is 539. The molecule has 1 aromatic carbocycles. The Balaban J connectivity index is 1.98. The zero-order valence-electron chi connectivity index (χ0n) is 12.9. The van der Waals surface area contributed by atoms with Crippen molar-refractivity contribution >= 4 is 22.9 Å². The Labute approximate surface area is 130 Å². The van der Waals surface area contributed by atoms with Gasteiger partial charge in [0.1, 0.15) is 5.52 Å². The average molecular weight is 308 g/mol. The van der Waals surface area contributed by atoms with Gasteiger partial charge in [0.2, 0.25) is 0 Å². The van der Waals surface area contributed by atoms with Crippen molar-refractivity contribution < 1.29 is 9.52 Å². The lowest BCUT2D eigenvalue weighted by Gasteiger charge is -2.31. The van der Waals surface area contributed by atoms with Crippen molar-refractivity contribution in [2.45, 2.75) is 49.6 Å². The number of fused-ring (bicyclic) bond motifs is 1. The van der Waals surface area contributed by atoms with E-state index in [1.807, 2.05) is 24.3 Å². The van der Waals surface area contributed by atoms with Gasteiger partial charge in [0.25, 0.3) is 5.22 Å². The summed E-state index contributed by atoms with van der Waals surface area (Å²) in [6, 6.07) is 7.79. The van der Waals surface area contributed by atoms with Gasteiger partial charge in [0.05, 0.1) is 6.61 Å². The first kappa shape index (κ1) is 16.3. The molecule has 0 saturated heterocycles. The molecule has 2 unspecified atom stereocenters. The second-order valence-corrected chi connectivity index (χ2v) is 7.12. The van der Waals surface area contributed by atoms with Crippen LogP contribution in [0.5, 0.6) is 0 Å². The molecule has 4 nitrogen and oxygen atoms in total. The van der Waals surface area contributed by atoms with Gasteiger partial charge in [-0.25, -0.2) is 4.98 Å². The normalized spacial score (nSPS) is 16.0. The molecule has 1 aromatic heterocycles. The summed E-state index contributed by atoms with van der Waals surface area (Å²) in [5.74, 6) is 0. The lowest BCUT2D eigenvalue weighted by molar-refractivity contribution is 0.166. The lowest BCUT2D eigenvalue weighted by atomic mass is 9.97. The quantitative estimate of drug-likeness (QED) is 0.732. The zero-order valence-corrected chi connectivity index (χ0v) is 13.7. The van der Waals surface area contributed by atoms with Crippen molar-refractivity contribution in [1.82, 2.24) is 10.3 Å². The number of aliphatic hydroxyl groups is 1. The van der Waals surface area contributed by atoms with Crippen LogP contribution in [0.4, 0.5) is 0 Å². The number of para-hydroxylation sites is 2. The third-order valence-corrected chi connectivity index (χ3v) is 4.41. The number of rotatable bonds is 8. The minimum atomic E-state index is -0.256. The molecule has 0 amide bonds. The number of aliphatic hydroxyl groups excluding tert-OH is 1. The van der Waals surface area contributed by atoms with Crippen molar-refractivity contribution in [2.24, 2.45) is 0 Å². The molecule has 21 heavy (non-hydrogen) atoms. The summed E-state index contributed by atoms with van der Waals surface area (Å²) in [7, 11) is 0. The van der Waals surface area contributed by atoms with Crippen LogP contribution < -0.4 is 5.32 Å². The Kier molecular flexibility index (Phi) is 5.67. The van der Waals surface area contributed by atoms with Gasteiger partial charge in [-0.15, -0.1) is 0 Å². The molecule has 116 valence electrons. The van der Waals surface area contributed by atoms with Gasteiger partial charge in [-0.1, -0.05) is 37.7 Å². The van der Waals surface area contributed by atoms with Crippen molar-refractivity contribution in [3.8, 4) is 0 Å². The van der Waals surface area contributed by atoms with Crippen LogP contribution in [0, 0.1) is 0 Å². The van der Waals surface area contributed by atoms with E-state index < -0.39 is 0 Å². The van der Waals surface area contributed by atoms with Crippen LogP contribution in [0.3, 0.4) is 0 Å². The van der Waals surface area contributed by atoms with E-state index in [-0.39, 0.29) is 12.1 Å². The minimum Gasteiger partial charge on any atom is -0.431 e. The Hall–Kier alpha value is -1.04. The van der Waals surface area contributed by atoms with E-state index in [4.69, 9.17) is 4.42 Å². The van der Waals surface area contributed by atoms with E-state index in [1.165, 1.54) is 0 Å². The number of aromatic nitrogens is 1. The summed E-state index contributed by atoms with van der Waals surface area (Å²) in [4.78, 5) is 4.48. The molecule has 0 radical (unpaired) electrons. The molecule has 0 fully saturated rings. The Morgan fingerprint density at radius 3 is 2.86 bits per heavy atom. The summed E-state index contributed by atoms with van der Waals surface area (Å²) in [5.41, 5.74) is 1.46. The maximum absolute atomic E-state index is 9.63. The summed E-state index contributed by atoms with van der Waals surface area (Å²) in [5, 5.41) is 14.1. The highest BCUT2D eigenvalue weighted by molar-refractivity contribution is 7.99. The van der Waals surface area contributed by atoms with Crippen LogP contribution in [-0.4, -0.2) is 34.0 Å². The summed E-state index contributed by atoms with van der Waals surface area (Å²) in [6.45, 7) is 7.37. The number of benzene rings is 1. The molecule has 0 bridgehead atoms. The predicted octanol–water partition coefficient (Wildman–Crippen LogP) is 3.45. The average Bonchev–Trinajstić information content (AvgIpc) is 2.87. The molecule has 2 atom stereocenters. The molecule has 0 aliphatic heterocycles. The smallest absolute Gasteiger partial charge is 0.256 e. The Morgan fingerprint density at radius 2 is 2.19 bits per heavy atom. The van der Waals surface area contributed by atoms with Gasteiger partial charge in [-0.05, 0) is 38.4 Å². The van der Waals surface area contributed by atoms with Crippen molar-refractivity contribution in [2.75, 3.05) is 13.2 Å². The number of hydrogen-bond donors (Lipinski definition) is 2. The first-order chi connectivity index (χ1) is 10.1. The van der Waals surface area contributed by atoms with Crippen LogP contribution >= 0.6 is 11.8 Å². The number of nitrogens with one attached hydrogen (secondary N) is 1. The first-order valence-corrected chi connectivity index (χ1v) is 8.32. The fraction of sp³-hybridized carbons (Fsp3) is 0.562. The van der Waals surface area contributed by atoms with Crippen molar-refractivity contribution in [3.63, 3.8) is 0 Å². The fourth-order valence-electron chi connectivity index (χ4n) is 2.37. The van der Waals surface area contributed by atoms with Gasteiger partial charge >= 0.3 is 0 Å². The summed E-state index contributed by atoms with van der Waals surface area (Å²) < 4.78 is 5.74. The molecule has 0 saturated carbocycles. The van der Waals surface area contributed by atoms with Crippen LogP contribution in [-0.2, 0) is 0 Å². The van der Waals surface area contributed by atoms with Crippen molar-refractivity contribution in [1.29, 1.82) is 0 Å². The molecule has 0 aliphatic carbocycles. The highest BCUT2D eigenvalue weighted by Crippen LogP contribution is 2.30. The van der Waals surface area contributed by atoms with Crippen LogP contribution in [0.15, 0.2) is 33.9 Å². The topological polar surface area (TPSA) is 58.3 Å². The monoisotopic (exact) mass is 308 g/mol. The molecule has 0 aliphatic rings. The maximum Gasteiger partial charge on any atom is 0.256 e. The standard InChI is InChI=1S/C16H24N2O2S/c1-4-9-17-16(3,11-19)10-12(2)21-15-18-13-7-5-6-8-14(13)20-15/h5-8,12,17,19H,4,9-11H2,1-3H3. The maximum atomic E-state index is 9.63. The highest BCUT2D eigenvalue weighted by Gasteiger charge is 2.26. The summed E-state index contributed by atoms with van der Waals surface area (Å²) >= 11 is 1.62. The highest BCUT2D eigenvalue weighted by atomic mass is 32.2. The van der Waals surface area contributed by atoms with E-state index in [2.05, 4.69) is 31.1 Å². The number of oxazole rings is 1. The van der Waals surface area contributed by atoms with E-state index in [0.29, 0.717) is 10.5 Å². The van der Waals surface area contributed by atoms with Crippen LogP contribution in [0.25, 0.3) is 11.1 Å². The first-order valence-electron chi connectivity index (χ1n) is 7.44. The largest absolute Gasteiger partial charge is 0.431 e. The minimum absolute atomic E-state index is 0.130. The summed E-state index contributed by atoms with van der Waals surface area (Å²) in [6.07, 6.45) is 1.91.